The zero-order valence-electron chi connectivity index (χ0n) is 5.55. The predicted octanol–water partition coefficient (Wildman–Crippen LogP) is 0.740. The minimum absolute atomic E-state index is 0.269. The quantitative estimate of drug-likeness (QED) is 0.513. The Morgan fingerprint density at radius 2 is 2.44 bits per heavy atom. The van der Waals surface area contributed by atoms with E-state index < -0.39 is 5.72 Å². The fraction of sp³-hybridized carbons (Fsp3) is 0.667. The van der Waals surface area contributed by atoms with Crippen molar-refractivity contribution in [2.75, 3.05) is 0 Å². The number of hydrogen-bond acceptors (Lipinski definition) is 3. The summed E-state index contributed by atoms with van der Waals surface area (Å²) in [7, 11) is 0. The zero-order valence-corrected chi connectivity index (χ0v) is 5.55. The Balaban J connectivity index is 2.35. The molecule has 0 spiro atoms. The second-order valence-corrected chi connectivity index (χ2v) is 2.05. The number of aliphatic imine (C=N–C) groups is 1. The number of ether oxygens (including phenoxy) is 1. The van der Waals surface area contributed by atoms with Crippen LogP contribution in [0.5, 0.6) is 0 Å². The highest BCUT2D eigenvalue weighted by molar-refractivity contribution is 5.85. The Hall–Kier alpha value is -0.860. The standard InChI is InChI=1S/C6H9NO2/c1-3-6(4-7-6)9-5(2)8/h4H,3H2,1-2H3. The van der Waals surface area contributed by atoms with E-state index in [9.17, 15) is 4.79 Å². The van der Waals surface area contributed by atoms with Gasteiger partial charge < -0.3 is 4.74 Å². The molecule has 3 heteroatoms. The first-order valence-corrected chi connectivity index (χ1v) is 2.94. The van der Waals surface area contributed by atoms with Gasteiger partial charge in [0.2, 0.25) is 5.72 Å². The van der Waals surface area contributed by atoms with Crippen LogP contribution in [0.15, 0.2) is 4.99 Å². The minimum atomic E-state index is -0.536. The molecule has 1 rings (SSSR count). The van der Waals surface area contributed by atoms with Crippen molar-refractivity contribution in [1.29, 1.82) is 0 Å². The summed E-state index contributed by atoms with van der Waals surface area (Å²) in [5, 5.41) is 0. The first kappa shape index (κ1) is 6.26. The molecule has 0 aromatic rings. The third kappa shape index (κ3) is 1.28. The molecule has 50 valence electrons. The van der Waals surface area contributed by atoms with Crippen molar-refractivity contribution in [1.82, 2.24) is 0 Å². The van der Waals surface area contributed by atoms with E-state index in [2.05, 4.69) is 4.99 Å². The highest BCUT2D eigenvalue weighted by Gasteiger charge is 2.38. The van der Waals surface area contributed by atoms with Gasteiger partial charge in [0.05, 0.1) is 6.21 Å². The third-order valence-electron chi connectivity index (χ3n) is 1.24. The molecule has 0 aromatic heterocycles. The van der Waals surface area contributed by atoms with Gasteiger partial charge in [0, 0.05) is 13.3 Å². The normalized spacial score (nSPS) is 30.0. The van der Waals surface area contributed by atoms with Crippen molar-refractivity contribution in [3.05, 3.63) is 0 Å². The van der Waals surface area contributed by atoms with Crippen LogP contribution >= 0.6 is 0 Å². The van der Waals surface area contributed by atoms with Crippen LogP contribution in [0.1, 0.15) is 20.3 Å². The van der Waals surface area contributed by atoms with E-state index in [1.807, 2.05) is 6.92 Å². The largest absolute Gasteiger partial charge is 0.432 e. The summed E-state index contributed by atoms with van der Waals surface area (Å²) in [4.78, 5) is 14.2. The van der Waals surface area contributed by atoms with Crippen LogP contribution in [0.25, 0.3) is 0 Å². The number of esters is 1. The van der Waals surface area contributed by atoms with E-state index in [0.29, 0.717) is 0 Å². The molecule has 0 saturated heterocycles. The van der Waals surface area contributed by atoms with Crippen LogP contribution in [0, 0.1) is 0 Å². The number of nitrogens with zero attached hydrogens (tertiary/aromatic N) is 1. The SMILES string of the molecule is CCC1(OC(C)=O)C=N1. The van der Waals surface area contributed by atoms with Gasteiger partial charge in [-0.25, -0.2) is 4.99 Å². The molecule has 9 heavy (non-hydrogen) atoms. The van der Waals surface area contributed by atoms with Gasteiger partial charge in [-0.15, -0.1) is 0 Å². The molecule has 0 radical (unpaired) electrons. The molecule has 0 N–H and O–H groups in total. The van der Waals surface area contributed by atoms with Gasteiger partial charge in [-0.05, 0) is 0 Å². The van der Waals surface area contributed by atoms with Crippen molar-refractivity contribution in [3.8, 4) is 0 Å². The first-order valence-electron chi connectivity index (χ1n) is 2.94. The summed E-state index contributed by atoms with van der Waals surface area (Å²) in [6.45, 7) is 3.31. The van der Waals surface area contributed by atoms with E-state index in [4.69, 9.17) is 4.74 Å². The highest BCUT2D eigenvalue weighted by Crippen LogP contribution is 2.25. The van der Waals surface area contributed by atoms with Crippen molar-refractivity contribution in [2.45, 2.75) is 26.0 Å². The van der Waals surface area contributed by atoms with Gasteiger partial charge in [0.15, 0.2) is 0 Å². The van der Waals surface area contributed by atoms with Crippen LogP contribution in [0.3, 0.4) is 0 Å². The molecular formula is C6H9NO2. The molecule has 1 aliphatic rings. The van der Waals surface area contributed by atoms with Crippen LogP contribution in [0.4, 0.5) is 0 Å². The van der Waals surface area contributed by atoms with Crippen LogP contribution in [-0.4, -0.2) is 17.9 Å². The Bertz CT molecular complexity index is 156. The summed E-state index contributed by atoms with van der Waals surface area (Å²) >= 11 is 0. The lowest BCUT2D eigenvalue weighted by atomic mass is 10.3. The molecule has 1 unspecified atom stereocenters. The lowest BCUT2D eigenvalue weighted by Crippen LogP contribution is -2.19. The fourth-order valence-corrected chi connectivity index (χ4v) is 0.628. The molecular weight excluding hydrogens is 118 g/mol. The summed E-state index contributed by atoms with van der Waals surface area (Å²) in [5.41, 5.74) is -0.536. The van der Waals surface area contributed by atoms with E-state index in [1.54, 1.807) is 6.21 Å². The molecule has 0 fully saturated rings. The minimum Gasteiger partial charge on any atom is -0.432 e. The molecule has 1 heterocycles. The molecule has 0 amide bonds. The van der Waals surface area contributed by atoms with Crippen molar-refractivity contribution < 1.29 is 9.53 Å². The maximum absolute atomic E-state index is 10.4. The number of carbonyl (C=O) groups excluding carboxylic acids is 1. The Morgan fingerprint density at radius 3 is 2.56 bits per heavy atom. The van der Waals surface area contributed by atoms with Crippen LogP contribution in [0.2, 0.25) is 0 Å². The van der Waals surface area contributed by atoms with E-state index in [1.165, 1.54) is 6.92 Å². The summed E-state index contributed by atoms with van der Waals surface area (Å²) in [6, 6.07) is 0. The fourth-order valence-electron chi connectivity index (χ4n) is 0.628. The molecule has 0 aliphatic carbocycles. The average Bonchev–Trinajstić information content (AvgIpc) is 2.48. The monoisotopic (exact) mass is 127 g/mol. The summed E-state index contributed by atoms with van der Waals surface area (Å²) < 4.78 is 4.84. The van der Waals surface area contributed by atoms with Gasteiger partial charge in [-0.3, -0.25) is 4.79 Å². The van der Waals surface area contributed by atoms with Gasteiger partial charge >= 0.3 is 5.97 Å². The summed E-state index contributed by atoms with van der Waals surface area (Å²) in [5.74, 6) is -0.269. The van der Waals surface area contributed by atoms with E-state index in [0.717, 1.165) is 6.42 Å². The predicted molar refractivity (Wildman–Crippen MR) is 33.3 cm³/mol. The molecule has 0 saturated carbocycles. The van der Waals surface area contributed by atoms with E-state index >= 15 is 0 Å². The second kappa shape index (κ2) is 1.83. The van der Waals surface area contributed by atoms with Gasteiger partial charge in [0.25, 0.3) is 0 Å². The number of hydrogen-bond donors (Lipinski definition) is 0. The number of rotatable bonds is 2. The summed E-state index contributed by atoms with van der Waals surface area (Å²) in [6.07, 6.45) is 2.39. The highest BCUT2D eigenvalue weighted by atomic mass is 16.6. The molecule has 3 nitrogen and oxygen atoms in total. The van der Waals surface area contributed by atoms with Crippen molar-refractivity contribution in [2.24, 2.45) is 4.99 Å². The van der Waals surface area contributed by atoms with Gasteiger partial charge in [0.1, 0.15) is 0 Å². The molecule has 0 aromatic carbocycles. The van der Waals surface area contributed by atoms with Gasteiger partial charge in [-0.1, -0.05) is 6.92 Å². The smallest absolute Gasteiger partial charge is 0.305 e. The maximum Gasteiger partial charge on any atom is 0.305 e. The molecule has 1 atom stereocenters. The maximum atomic E-state index is 10.4. The molecule has 0 bridgehead atoms. The van der Waals surface area contributed by atoms with Gasteiger partial charge in [-0.2, -0.15) is 0 Å². The Kier molecular flexibility index (Phi) is 1.27. The van der Waals surface area contributed by atoms with Crippen LogP contribution in [-0.2, 0) is 9.53 Å². The topological polar surface area (TPSA) is 38.7 Å². The Labute approximate surface area is 53.7 Å². The van der Waals surface area contributed by atoms with Crippen LogP contribution < -0.4 is 0 Å². The first-order chi connectivity index (χ1) is 4.18. The zero-order chi connectivity index (χ0) is 6.91. The molecule has 1 aliphatic heterocycles. The Morgan fingerprint density at radius 1 is 1.89 bits per heavy atom. The lowest BCUT2D eigenvalue weighted by molar-refractivity contribution is -0.147. The average molecular weight is 127 g/mol. The van der Waals surface area contributed by atoms with Crippen molar-refractivity contribution in [3.63, 3.8) is 0 Å². The number of carbonyl (C=O) groups is 1. The van der Waals surface area contributed by atoms with E-state index in [-0.39, 0.29) is 5.97 Å². The van der Waals surface area contributed by atoms with Crippen molar-refractivity contribution >= 4 is 12.2 Å². The second-order valence-electron chi connectivity index (χ2n) is 2.05. The third-order valence-corrected chi connectivity index (χ3v) is 1.24. The lowest BCUT2D eigenvalue weighted by Gasteiger charge is -2.08.